The van der Waals surface area contributed by atoms with Crippen LogP contribution in [0.25, 0.3) is 0 Å². The average Bonchev–Trinajstić information content (AvgIpc) is 2.76. The molecule has 0 fully saturated rings. The van der Waals surface area contributed by atoms with Crippen LogP contribution in [0.3, 0.4) is 0 Å². The Morgan fingerprint density at radius 2 is 2.15 bits per heavy atom. The van der Waals surface area contributed by atoms with Crippen LogP contribution >= 0.6 is 27.3 Å². The molecule has 3 nitrogen and oxygen atoms in total. The SMILES string of the molecule is CNC(Cc1nc(C)c(C)s1)c1cc(OC)ccc1Br. The quantitative estimate of drug-likeness (QED) is 0.879. The first-order valence-corrected chi connectivity index (χ1v) is 8.09. The van der Waals surface area contributed by atoms with Crippen molar-refractivity contribution in [3.63, 3.8) is 0 Å². The Morgan fingerprint density at radius 3 is 2.70 bits per heavy atom. The van der Waals surface area contributed by atoms with E-state index in [1.807, 2.05) is 19.2 Å². The summed E-state index contributed by atoms with van der Waals surface area (Å²) in [5.74, 6) is 0.870. The van der Waals surface area contributed by atoms with Crippen molar-refractivity contribution >= 4 is 27.3 Å². The normalized spacial score (nSPS) is 12.4. The molecule has 0 saturated heterocycles. The van der Waals surface area contributed by atoms with Crippen LogP contribution in [0.2, 0.25) is 0 Å². The van der Waals surface area contributed by atoms with Crippen molar-refractivity contribution in [3.05, 3.63) is 43.8 Å². The van der Waals surface area contributed by atoms with E-state index in [0.717, 1.165) is 27.3 Å². The number of halogens is 1. The highest BCUT2D eigenvalue weighted by molar-refractivity contribution is 9.10. The molecule has 0 radical (unpaired) electrons. The molecule has 1 aromatic heterocycles. The molecule has 0 spiro atoms. The van der Waals surface area contributed by atoms with Crippen molar-refractivity contribution < 1.29 is 4.74 Å². The number of rotatable bonds is 5. The lowest BCUT2D eigenvalue weighted by Crippen LogP contribution is -2.19. The van der Waals surface area contributed by atoms with Crippen LogP contribution in [-0.2, 0) is 6.42 Å². The smallest absolute Gasteiger partial charge is 0.119 e. The molecule has 1 N–H and O–H groups in total. The highest BCUT2D eigenvalue weighted by atomic mass is 79.9. The molecular weight excluding hydrogens is 336 g/mol. The molecule has 0 amide bonds. The second-order valence-electron chi connectivity index (χ2n) is 4.68. The Morgan fingerprint density at radius 1 is 1.40 bits per heavy atom. The Labute approximate surface area is 132 Å². The summed E-state index contributed by atoms with van der Waals surface area (Å²) in [6.45, 7) is 4.18. The maximum atomic E-state index is 5.32. The van der Waals surface area contributed by atoms with Crippen LogP contribution in [0, 0.1) is 13.8 Å². The first kappa shape index (κ1) is 15.5. The monoisotopic (exact) mass is 354 g/mol. The summed E-state index contributed by atoms with van der Waals surface area (Å²) in [5, 5.41) is 4.53. The molecule has 0 aliphatic carbocycles. The van der Waals surface area contributed by atoms with Gasteiger partial charge < -0.3 is 10.1 Å². The van der Waals surface area contributed by atoms with Crippen molar-refractivity contribution in [3.8, 4) is 5.75 Å². The molecule has 20 heavy (non-hydrogen) atoms. The molecule has 1 unspecified atom stereocenters. The lowest BCUT2D eigenvalue weighted by molar-refractivity contribution is 0.413. The van der Waals surface area contributed by atoms with Crippen molar-refractivity contribution in [2.75, 3.05) is 14.2 Å². The second-order valence-corrected chi connectivity index (χ2v) is 6.82. The molecule has 0 saturated carbocycles. The summed E-state index contributed by atoms with van der Waals surface area (Å²) >= 11 is 5.39. The van der Waals surface area contributed by atoms with E-state index < -0.39 is 0 Å². The van der Waals surface area contributed by atoms with Crippen LogP contribution < -0.4 is 10.1 Å². The number of likely N-dealkylation sites (N-methyl/N-ethyl adjacent to an activating group) is 1. The van der Waals surface area contributed by atoms with Gasteiger partial charge in [-0.3, -0.25) is 0 Å². The summed E-state index contributed by atoms with van der Waals surface area (Å²) in [7, 11) is 3.67. The summed E-state index contributed by atoms with van der Waals surface area (Å²) in [5.41, 5.74) is 2.32. The number of methoxy groups -OCH3 is 1. The predicted molar refractivity (Wildman–Crippen MR) is 87.8 cm³/mol. The van der Waals surface area contributed by atoms with E-state index in [1.165, 1.54) is 10.4 Å². The number of aromatic nitrogens is 1. The van der Waals surface area contributed by atoms with Gasteiger partial charge in [-0.2, -0.15) is 0 Å². The number of hydrogen-bond acceptors (Lipinski definition) is 4. The average molecular weight is 355 g/mol. The van der Waals surface area contributed by atoms with Gasteiger partial charge in [-0.05, 0) is 44.7 Å². The fraction of sp³-hybridized carbons (Fsp3) is 0.400. The van der Waals surface area contributed by atoms with Crippen molar-refractivity contribution in [2.24, 2.45) is 0 Å². The zero-order chi connectivity index (χ0) is 14.7. The third kappa shape index (κ3) is 3.40. The van der Waals surface area contributed by atoms with E-state index >= 15 is 0 Å². The minimum absolute atomic E-state index is 0.212. The molecule has 0 aliphatic rings. The first-order valence-electron chi connectivity index (χ1n) is 6.48. The fourth-order valence-electron chi connectivity index (χ4n) is 2.08. The van der Waals surface area contributed by atoms with Gasteiger partial charge in [0, 0.05) is 21.8 Å². The Bertz CT molecular complexity index is 578. The summed E-state index contributed by atoms with van der Waals surface area (Å²) in [4.78, 5) is 5.92. The third-order valence-corrected chi connectivity index (χ3v) is 5.20. The molecule has 1 heterocycles. The van der Waals surface area contributed by atoms with Crippen LogP contribution in [0.4, 0.5) is 0 Å². The zero-order valence-corrected chi connectivity index (χ0v) is 14.6. The number of nitrogens with one attached hydrogen (secondary N) is 1. The van der Waals surface area contributed by atoms with E-state index in [-0.39, 0.29) is 6.04 Å². The van der Waals surface area contributed by atoms with Gasteiger partial charge in [-0.1, -0.05) is 15.9 Å². The van der Waals surface area contributed by atoms with Gasteiger partial charge in [0.15, 0.2) is 0 Å². The Balaban J connectivity index is 2.27. The van der Waals surface area contributed by atoms with Crippen molar-refractivity contribution in [1.82, 2.24) is 10.3 Å². The molecule has 1 aromatic carbocycles. The van der Waals surface area contributed by atoms with Crippen LogP contribution in [0.5, 0.6) is 5.75 Å². The molecule has 108 valence electrons. The van der Waals surface area contributed by atoms with E-state index in [9.17, 15) is 0 Å². The molecular formula is C15H19BrN2OS. The zero-order valence-electron chi connectivity index (χ0n) is 12.2. The number of nitrogens with zero attached hydrogens (tertiary/aromatic N) is 1. The lowest BCUT2D eigenvalue weighted by Gasteiger charge is -2.18. The minimum atomic E-state index is 0.212. The number of hydrogen-bond donors (Lipinski definition) is 1. The maximum Gasteiger partial charge on any atom is 0.119 e. The molecule has 2 rings (SSSR count). The maximum absolute atomic E-state index is 5.32. The lowest BCUT2D eigenvalue weighted by atomic mass is 10.0. The number of ether oxygens (including phenoxy) is 1. The van der Waals surface area contributed by atoms with E-state index in [4.69, 9.17) is 4.74 Å². The van der Waals surface area contributed by atoms with Gasteiger partial charge in [0.25, 0.3) is 0 Å². The van der Waals surface area contributed by atoms with Crippen LogP contribution in [-0.4, -0.2) is 19.1 Å². The number of aryl methyl sites for hydroxylation is 2. The van der Waals surface area contributed by atoms with Crippen molar-refractivity contribution in [1.29, 1.82) is 0 Å². The molecule has 0 bridgehead atoms. The second kappa shape index (κ2) is 6.70. The number of benzene rings is 1. The van der Waals surface area contributed by atoms with E-state index in [0.29, 0.717) is 0 Å². The van der Waals surface area contributed by atoms with E-state index in [2.05, 4.69) is 46.1 Å². The number of thiazole rings is 1. The third-order valence-electron chi connectivity index (χ3n) is 3.38. The summed E-state index contributed by atoms with van der Waals surface area (Å²) in [6.07, 6.45) is 0.877. The van der Waals surface area contributed by atoms with Crippen molar-refractivity contribution in [2.45, 2.75) is 26.3 Å². The standard InChI is InChI=1S/C15H19BrN2OS/c1-9-10(2)20-15(18-9)8-14(17-3)12-7-11(19-4)5-6-13(12)16/h5-7,14,17H,8H2,1-4H3. The van der Waals surface area contributed by atoms with Crippen LogP contribution in [0.15, 0.2) is 22.7 Å². The summed E-state index contributed by atoms with van der Waals surface area (Å²) < 4.78 is 6.40. The molecule has 0 aliphatic heterocycles. The van der Waals surface area contributed by atoms with Gasteiger partial charge in [-0.15, -0.1) is 11.3 Å². The van der Waals surface area contributed by atoms with Crippen LogP contribution in [0.1, 0.15) is 27.2 Å². The molecule has 5 heteroatoms. The molecule has 2 aromatic rings. The van der Waals surface area contributed by atoms with Gasteiger partial charge in [0.05, 0.1) is 17.8 Å². The van der Waals surface area contributed by atoms with E-state index in [1.54, 1.807) is 18.4 Å². The van der Waals surface area contributed by atoms with Gasteiger partial charge in [0.1, 0.15) is 5.75 Å². The van der Waals surface area contributed by atoms with Gasteiger partial charge in [0.2, 0.25) is 0 Å². The molecule has 1 atom stereocenters. The van der Waals surface area contributed by atoms with Gasteiger partial charge in [-0.25, -0.2) is 4.98 Å². The van der Waals surface area contributed by atoms with Gasteiger partial charge >= 0.3 is 0 Å². The topological polar surface area (TPSA) is 34.2 Å². The largest absolute Gasteiger partial charge is 0.497 e. The Hall–Kier alpha value is -0.910. The highest BCUT2D eigenvalue weighted by Gasteiger charge is 2.16. The summed E-state index contributed by atoms with van der Waals surface area (Å²) in [6, 6.07) is 6.26. The highest BCUT2D eigenvalue weighted by Crippen LogP contribution is 2.30. The first-order chi connectivity index (χ1) is 9.55. The minimum Gasteiger partial charge on any atom is -0.497 e. The predicted octanol–water partition coefficient (Wildman–Crippen LogP) is 4.03. The fourth-order valence-corrected chi connectivity index (χ4v) is 3.59. The Kier molecular flexibility index (Phi) is 5.18.